The number of para-hydroxylation sites is 1. The number of likely N-dealkylation sites (N-methyl/N-ethyl adjacent to an activating group) is 1. The molecular weight excluding hydrogens is 404 g/mol. The van der Waals surface area contributed by atoms with Crippen molar-refractivity contribution in [1.82, 2.24) is 19.9 Å². The van der Waals surface area contributed by atoms with Crippen LogP contribution in [-0.2, 0) is 11.3 Å². The normalized spacial score (nSPS) is 14.6. The number of hydrogen-bond acceptors (Lipinski definition) is 7. The number of benzene rings is 1. The van der Waals surface area contributed by atoms with Crippen molar-refractivity contribution >= 4 is 28.4 Å². The van der Waals surface area contributed by atoms with Crippen LogP contribution in [0.15, 0.2) is 42.6 Å². The molecule has 0 unspecified atom stereocenters. The van der Waals surface area contributed by atoms with Crippen LogP contribution in [0.25, 0.3) is 10.9 Å². The number of aliphatic carboxylic acids is 1. The molecule has 2 aromatic heterocycles. The van der Waals surface area contributed by atoms with Gasteiger partial charge < -0.3 is 19.8 Å². The third kappa shape index (κ3) is 5.31. The zero-order chi connectivity index (χ0) is 22.5. The summed E-state index contributed by atoms with van der Waals surface area (Å²) in [5.41, 5.74) is 2.83. The number of aromatic nitrogens is 3. The highest BCUT2D eigenvalue weighted by atomic mass is 16.4. The van der Waals surface area contributed by atoms with Crippen LogP contribution in [0.3, 0.4) is 0 Å². The van der Waals surface area contributed by atoms with Crippen molar-refractivity contribution in [3.05, 3.63) is 54.1 Å². The number of anilines is 2. The Balaban J connectivity index is 1.63. The summed E-state index contributed by atoms with van der Waals surface area (Å²) >= 11 is 0. The summed E-state index contributed by atoms with van der Waals surface area (Å²) in [6.45, 7) is 7.03. The first-order valence-electron chi connectivity index (χ1n) is 11.1. The first kappa shape index (κ1) is 22.0. The highest BCUT2D eigenvalue weighted by Gasteiger charge is 2.18. The number of hydrogen-bond donors (Lipinski definition) is 1. The Morgan fingerprint density at radius 3 is 2.69 bits per heavy atom. The minimum atomic E-state index is -0.781. The molecule has 0 radical (unpaired) electrons. The lowest BCUT2D eigenvalue weighted by Gasteiger charge is -2.33. The third-order valence-electron chi connectivity index (χ3n) is 5.83. The standard InChI is InChI=1S/C24H30N6O2/c1-18-26-20(16-22(27-18)29-14-12-28(2)13-15-29)17-30(11-5-9-23(31)32)21-8-3-6-19-7-4-10-25-24(19)21/h3-4,6-8,10,16H,5,9,11-15,17H2,1-2H3,(H,31,32). The molecule has 1 aliphatic heterocycles. The summed E-state index contributed by atoms with van der Waals surface area (Å²) in [7, 11) is 2.14. The topological polar surface area (TPSA) is 85.7 Å². The Morgan fingerprint density at radius 1 is 1.12 bits per heavy atom. The molecule has 3 heterocycles. The van der Waals surface area contributed by atoms with E-state index in [1.54, 1.807) is 6.20 Å². The van der Waals surface area contributed by atoms with Gasteiger partial charge in [-0.1, -0.05) is 18.2 Å². The Labute approximate surface area is 188 Å². The summed E-state index contributed by atoms with van der Waals surface area (Å²) in [5, 5.41) is 10.2. The first-order chi connectivity index (χ1) is 15.5. The van der Waals surface area contributed by atoms with Gasteiger partial charge in [0.05, 0.1) is 23.4 Å². The molecule has 32 heavy (non-hydrogen) atoms. The molecule has 1 N–H and O–H groups in total. The quantitative estimate of drug-likeness (QED) is 0.579. The third-order valence-corrected chi connectivity index (χ3v) is 5.83. The summed E-state index contributed by atoms with van der Waals surface area (Å²) in [5.74, 6) is 0.927. The molecule has 3 aromatic rings. The first-order valence-corrected chi connectivity index (χ1v) is 11.1. The summed E-state index contributed by atoms with van der Waals surface area (Å²) in [4.78, 5) is 31.9. The second-order valence-electron chi connectivity index (χ2n) is 8.33. The molecule has 1 aromatic carbocycles. The van der Waals surface area contributed by atoms with Crippen molar-refractivity contribution in [2.45, 2.75) is 26.3 Å². The molecule has 0 bridgehead atoms. The number of rotatable bonds is 8. The van der Waals surface area contributed by atoms with E-state index < -0.39 is 5.97 Å². The maximum absolute atomic E-state index is 11.1. The van der Waals surface area contributed by atoms with Crippen LogP contribution in [0.5, 0.6) is 0 Å². The van der Waals surface area contributed by atoms with Crippen molar-refractivity contribution < 1.29 is 9.90 Å². The van der Waals surface area contributed by atoms with Crippen LogP contribution in [0.4, 0.5) is 11.5 Å². The maximum atomic E-state index is 11.1. The largest absolute Gasteiger partial charge is 0.481 e. The Morgan fingerprint density at radius 2 is 1.91 bits per heavy atom. The van der Waals surface area contributed by atoms with E-state index in [4.69, 9.17) is 10.1 Å². The second kappa shape index (κ2) is 9.91. The number of piperazine rings is 1. The predicted octanol–water partition coefficient (Wildman–Crippen LogP) is 2.96. The van der Waals surface area contributed by atoms with Gasteiger partial charge in [-0.15, -0.1) is 0 Å². The molecule has 4 rings (SSSR count). The molecular formula is C24H30N6O2. The van der Waals surface area contributed by atoms with Gasteiger partial charge in [-0.3, -0.25) is 9.78 Å². The molecule has 1 aliphatic rings. The molecule has 8 nitrogen and oxygen atoms in total. The predicted molar refractivity (Wildman–Crippen MR) is 126 cm³/mol. The Hall–Kier alpha value is -3.26. The fourth-order valence-corrected chi connectivity index (χ4v) is 4.14. The molecule has 8 heteroatoms. The molecule has 0 spiro atoms. The summed E-state index contributed by atoms with van der Waals surface area (Å²) in [6, 6.07) is 12.1. The van der Waals surface area contributed by atoms with E-state index >= 15 is 0 Å². The van der Waals surface area contributed by atoms with Crippen LogP contribution in [0, 0.1) is 6.92 Å². The second-order valence-corrected chi connectivity index (χ2v) is 8.33. The average Bonchev–Trinajstić information content (AvgIpc) is 2.78. The van der Waals surface area contributed by atoms with Gasteiger partial charge in [0, 0.05) is 56.8 Å². The maximum Gasteiger partial charge on any atom is 0.303 e. The van der Waals surface area contributed by atoms with Gasteiger partial charge in [-0.2, -0.15) is 0 Å². The smallest absolute Gasteiger partial charge is 0.303 e. The minimum absolute atomic E-state index is 0.129. The van der Waals surface area contributed by atoms with Gasteiger partial charge in [-0.25, -0.2) is 9.97 Å². The lowest BCUT2D eigenvalue weighted by Crippen LogP contribution is -2.45. The number of pyridine rings is 1. The molecule has 1 saturated heterocycles. The van der Waals surface area contributed by atoms with Gasteiger partial charge >= 0.3 is 5.97 Å². The molecule has 1 fully saturated rings. The lowest BCUT2D eigenvalue weighted by molar-refractivity contribution is -0.137. The number of carboxylic acid groups (broad SMARTS) is 1. The van der Waals surface area contributed by atoms with Crippen LogP contribution in [-0.4, -0.2) is 70.7 Å². The number of carbonyl (C=O) groups is 1. The lowest BCUT2D eigenvalue weighted by atomic mass is 10.1. The fraction of sp³-hybridized carbons (Fsp3) is 0.417. The highest BCUT2D eigenvalue weighted by Crippen LogP contribution is 2.27. The van der Waals surface area contributed by atoms with Crippen molar-refractivity contribution in [1.29, 1.82) is 0 Å². The Bertz CT molecular complexity index is 1080. The summed E-state index contributed by atoms with van der Waals surface area (Å²) in [6.07, 6.45) is 2.47. The monoisotopic (exact) mass is 434 g/mol. The van der Waals surface area contributed by atoms with Crippen molar-refractivity contribution in [2.24, 2.45) is 0 Å². The van der Waals surface area contributed by atoms with E-state index in [1.807, 2.05) is 37.3 Å². The zero-order valence-corrected chi connectivity index (χ0v) is 18.7. The number of carboxylic acids is 1. The van der Waals surface area contributed by atoms with Gasteiger partial charge in [-0.05, 0) is 32.5 Å². The van der Waals surface area contributed by atoms with Crippen LogP contribution in [0.1, 0.15) is 24.4 Å². The van der Waals surface area contributed by atoms with Gasteiger partial charge in [0.2, 0.25) is 0 Å². The van der Waals surface area contributed by atoms with Crippen molar-refractivity contribution in [3.8, 4) is 0 Å². The van der Waals surface area contributed by atoms with Crippen LogP contribution >= 0.6 is 0 Å². The van der Waals surface area contributed by atoms with Gasteiger partial charge in [0.1, 0.15) is 11.6 Å². The van der Waals surface area contributed by atoms with E-state index in [0.29, 0.717) is 19.5 Å². The molecule has 0 amide bonds. The highest BCUT2D eigenvalue weighted by molar-refractivity contribution is 5.90. The molecule has 0 atom stereocenters. The zero-order valence-electron chi connectivity index (χ0n) is 18.7. The molecule has 168 valence electrons. The SMILES string of the molecule is Cc1nc(CN(CCCC(=O)O)c2cccc3cccnc23)cc(N2CCN(C)CC2)n1. The number of aryl methyl sites for hydroxylation is 1. The van der Waals surface area contributed by atoms with Crippen molar-refractivity contribution in [3.63, 3.8) is 0 Å². The summed E-state index contributed by atoms with van der Waals surface area (Å²) < 4.78 is 0. The van der Waals surface area contributed by atoms with E-state index in [9.17, 15) is 4.79 Å². The molecule has 0 aliphatic carbocycles. The minimum Gasteiger partial charge on any atom is -0.481 e. The van der Waals surface area contributed by atoms with Gasteiger partial charge in [0.25, 0.3) is 0 Å². The van der Waals surface area contributed by atoms with Crippen LogP contribution in [0.2, 0.25) is 0 Å². The van der Waals surface area contributed by atoms with Crippen molar-refractivity contribution in [2.75, 3.05) is 49.6 Å². The number of fused-ring (bicyclic) bond motifs is 1. The number of nitrogens with zero attached hydrogens (tertiary/aromatic N) is 6. The van der Waals surface area contributed by atoms with E-state index in [1.165, 1.54) is 0 Å². The molecule has 0 saturated carbocycles. The van der Waals surface area contributed by atoms with E-state index in [0.717, 1.165) is 60.1 Å². The Kier molecular flexibility index (Phi) is 6.80. The van der Waals surface area contributed by atoms with E-state index in [2.05, 4.69) is 37.8 Å². The van der Waals surface area contributed by atoms with Gasteiger partial charge in [0.15, 0.2) is 0 Å². The van der Waals surface area contributed by atoms with E-state index in [-0.39, 0.29) is 6.42 Å². The average molecular weight is 435 g/mol. The fourth-order valence-electron chi connectivity index (χ4n) is 4.14. The van der Waals surface area contributed by atoms with Crippen LogP contribution < -0.4 is 9.80 Å².